The third-order valence-corrected chi connectivity index (χ3v) is 13.0. The largest absolute Gasteiger partial charge is 0.375 e. The Balaban J connectivity index is 2.75. The average molecular weight is 435 g/mol. The van der Waals surface area contributed by atoms with E-state index in [4.69, 9.17) is 0 Å². The van der Waals surface area contributed by atoms with Gasteiger partial charge >= 0.3 is 0 Å². The minimum Gasteiger partial charge on any atom is -0.375 e. The maximum absolute atomic E-state index is 14.1. The number of rotatable bonds is 4. The highest BCUT2D eigenvalue weighted by molar-refractivity contribution is 14.1. The Morgan fingerprint density at radius 2 is 1.64 bits per heavy atom. The van der Waals surface area contributed by atoms with Gasteiger partial charge in [0.15, 0.2) is 14.0 Å². The summed E-state index contributed by atoms with van der Waals surface area (Å²) >= 11 is 2.25. The van der Waals surface area contributed by atoms with Gasteiger partial charge in [-0.15, -0.1) is 0 Å². The lowest BCUT2D eigenvalue weighted by Crippen LogP contribution is -2.53. The van der Waals surface area contributed by atoms with Crippen LogP contribution in [0.1, 0.15) is 64.0 Å². The molecule has 2 nitrogen and oxygen atoms in total. The van der Waals surface area contributed by atoms with Crippen LogP contribution in [0.2, 0.25) is 16.6 Å². The zero-order valence-electron chi connectivity index (χ0n) is 14.4. The molecule has 0 saturated carbocycles. The van der Waals surface area contributed by atoms with Gasteiger partial charge in [0.05, 0.1) is 5.56 Å². The molecule has 1 atom stereocenters. The Morgan fingerprint density at radius 3 is 2.09 bits per heavy atom. The van der Waals surface area contributed by atoms with E-state index < -0.39 is 14.4 Å². The van der Waals surface area contributed by atoms with E-state index in [1.807, 2.05) is 0 Å². The Labute approximate surface area is 148 Å². The molecule has 0 spiro atoms. The first kappa shape index (κ1) is 18.2. The molecule has 0 fully saturated rings. The number of aromatic nitrogens is 1. The van der Waals surface area contributed by atoms with Crippen molar-refractivity contribution in [3.63, 3.8) is 0 Å². The predicted octanol–water partition coefficient (Wildman–Crippen LogP) is 5.58. The molecule has 1 aromatic rings. The molecule has 0 bridgehead atoms. The molecule has 5 heteroatoms. The van der Waals surface area contributed by atoms with E-state index in [0.717, 1.165) is 14.8 Å². The molecule has 22 heavy (non-hydrogen) atoms. The summed E-state index contributed by atoms with van der Waals surface area (Å²) in [6.45, 7) is 13.8. The molecule has 0 radical (unpaired) electrons. The van der Waals surface area contributed by atoms with Crippen LogP contribution >= 0.6 is 22.6 Å². The molecular weight excluding hydrogens is 408 g/mol. The Kier molecular flexibility index (Phi) is 5.27. The van der Waals surface area contributed by atoms with Gasteiger partial charge < -0.3 is 4.23 Å². The first-order valence-electron chi connectivity index (χ1n) is 8.21. The first-order chi connectivity index (χ1) is 10.1. The molecule has 1 aliphatic rings. The quantitative estimate of drug-likeness (QED) is 0.447. The highest BCUT2D eigenvalue weighted by atomic mass is 127. The van der Waals surface area contributed by atoms with Crippen molar-refractivity contribution in [1.82, 2.24) is 4.23 Å². The van der Waals surface area contributed by atoms with Gasteiger partial charge in [-0.05, 0) is 39.2 Å². The second-order valence-corrected chi connectivity index (χ2v) is 14.3. The van der Waals surface area contributed by atoms with Crippen LogP contribution in [-0.2, 0) is 6.42 Å². The van der Waals surface area contributed by atoms with E-state index in [9.17, 15) is 9.18 Å². The van der Waals surface area contributed by atoms with Crippen LogP contribution in [0.3, 0.4) is 0 Å². The summed E-state index contributed by atoms with van der Waals surface area (Å²) in [6.07, 6.45) is 1.56. The summed E-state index contributed by atoms with van der Waals surface area (Å²) < 4.78 is 17.5. The molecule has 2 rings (SSSR count). The average Bonchev–Trinajstić information content (AvgIpc) is 2.66. The molecule has 0 aliphatic heterocycles. The van der Waals surface area contributed by atoms with Crippen molar-refractivity contribution in [2.45, 2.75) is 77.2 Å². The summed E-state index contributed by atoms with van der Waals surface area (Å²) in [5, 5.41) is 0. The number of fused-ring (bicyclic) bond motifs is 1. The van der Waals surface area contributed by atoms with E-state index in [1.165, 1.54) is 0 Å². The zero-order valence-corrected chi connectivity index (χ0v) is 17.6. The van der Waals surface area contributed by atoms with E-state index in [0.29, 0.717) is 23.0 Å². The topological polar surface area (TPSA) is 22.0 Å². The fourth-order valence-electron chi connectivity index (χ4n) is 4.77. The summed E-state index contributed by atoms with van der Waals surface area (Å²) in [4.78, 5) is 12.3. The van der Waals surface area contributed by atoms with E-state index in [2.05, 4.69) is 74.6 Å². The van der Waals surface area contributed by atoms with Crippen molar-refractivity contribution in [3.8, 4) is 0 Å². The van der Waals surface area contributed by atoms with Crippen LogP contribution in [0.25, 0.3) is 0 Å². The van der Waals surface area contributed by atoms with Crippen molar-refractivity contribution >= 4 is 36.6 Å². The van der Waals surface area contributed by atoms with Crippen molar-refractivity contribution in [3.05, 3.63) is 21.0 Å². The minimum absolute atomic E-state index is 0.0175. The normalized spacial score (nSPS) is 19.4. The lowest BCUT2D eigenvalue weighted by Gasteiger charge is -2.45. The van der Waals surface area contributed by atoms with Gasteiger partial charge in [0.1, 0.15) is 6.17 Å². The number of alkyl halides is 1. The standard InChI is InChI=1S/C17H27FINOSi/c1-10(2)22(11(3)4,12(5)6)20-9-14(19)17-15(20)7-13(18)8-16(17)21/h9-13H,7-8H2,1-6H3. The number of Topliss-reactive ketones (excluding diaryl/α,β-unsaturated/α-hetero) is 1. The fourth-order valence-corrected chi connectivity index (χ4v) is 12.6. The molecule has 0 N–H and O–H groups in total. The van der Waals surface area contributed by atoms with Gasteiger partial charge in [0.25, 0.3) is 0 Å². The lowest BCUT2D eigenvalue weighted by molar-refractivity contribution is 0.0930. The summed E-state index contributed by atoms with van der Waals surface area (Å²) in [5.74, 6) is -0.0175. The third kappa shape index (κ3) is 2.62. The second kappa shape index (κ2) is 6.38. The molecule has 0 saturated heterocycles. The number of hydrogen-bond acceptors (Lipinski definition) is 1. The number of hydrogen-bond donors (Lipinski definition) is 0. The highest BCUT2D eigenvalue weighted by Crippen LogP contribution is 2.45. The van der Waals surface area contributed by atoms with Crippen molar-refractivity contribution in [2.75, 3.05) is 0 Å². The van der Waals surface area contributed by atoms with Gasteiger partial charge in [-0.25, -0.2) is 4.39 Å². The van der Waals surface area contributed by atoms with Gasteiger partial charge in [-0.1, -0.05) is 41.5 Å². The lowest BCUT2D eigenvalue weighted by atomic mass is 9.95. The van der Waals surface area contributed by atoms with Crippen molar-refractivity contribution in [1.29, 1.82) is 0 Å². The van der Waals surface area contributed by atoms with Crippen LogP contribution in [0.4, 0.5) is 4.39 Å². The van der Waals surface area contributed by atoms with E-state index >= 15 is 0 Å². The maximum Gasteiger partial charge on any atom is 0.169 e. The molecule has 0 aromatic carbocycles. The Hall–Kier alpha value is -0.173. The molecule has 1 aromatic heterocycles. The molecule has 124 valence electrons. The van der Waals surface area contributed by atoms with Crippen molar-refractivity contribution in [2.24, 2.45) is 0 Å². The highest BCUT2D eigenvalue weighted by Gasteiger charge is 2.47. The fraction of sp³-hybridized carbons (Fsp3) is 0.706. The van der Waals surface area contributed by atoms with Gasteiger partial charge in [0.2, 0.25) is 0 Å². The van der Waals surface area contributed by atoms with Crippen LogP contribution in [0.5, 0.6) is 0 Å². The van der Waals surface area contributed by atoms with E-state index in [-0.39, 0.29) is 12.2 Å². The van der Waals surface area contributed by atoms with Crippen LogP contribution in [0.15, 0.2) is 6.20 Å². The monoisotopic (exact) mass is 435 g/mol. The first-order valence-corrected chi connectivity index (χ1v) is 11.5. The molecular formula is C17H27FINOSi. The molecule has 1 heterocycles. The Bertz CT molecular complexity index is 558. The summed E-state index contributed by atoms with van der Waals surface area (Å²) in [7, 11) is -1.93. The molecule has 0 amide bonds. The minimum atomic E-state index is -1.93. The molecule has 1 unspecified atom stereocenters. The summed E-state index contributed by atoms with van der Waals surface area (Å²) in [6, 6.07) is 0. The smallest absolute Gasteiger partial charge is 0.169 e. The SMILES string of the molecule is CC(C)[Si](C(C)C)(C(C)C)n1cc(I)c2c1CC(F)CC2=O. The summed E-state index contributed by atoms with van der Waals surface area (Å²) in [5.41, 5.74) is 3.38. The van der Waals surface area contributed by atoms with Crippen LogP contribution in [0, 0.1) is 3.57 Å². The second-order valence-electron chi connectivity index (χ2n) is 7.45. The van der Waals surface area contributed by atoms with Gasteiger partial charge in [-0.2, -0.15) is 0 Å². The van der Waals surface area contributed by atoms with Gasteiger partial charge in [0, 0.05) is 28.3 Å². The number of carbonyl (C=O) groups excluding carboxylic acids is 1. The third-order valence-electron chi connectivity index (χ3n) is 5.35. The number of ketones is 1. The number of halogens is 2. The molecule has 1 aliphatic carbocycles. The van der Waals surface area contributed by atoms with E-state index in [1.54, 1.807) is 0 Å². The zero-order chi connectivity index (χ0) is 16.8. The number of carbonyl (C=O) groups is 1. The Morgan fingerprint density at radius 1 is 1.14 bits per heavy atom. The van der Waals surface area contributed by atoms with Crippen LogP contribution < -0.4 is 0 Å². The predicted molar refractivity (Wildman–Crippen MR) is 101 cm³/mol. The van der Waals surface area contributed by atoms with Crippen molar-refractivity contribution < 1.29 is 9.18 Å². The van der Waals surface area contributed by atoms with Gasteiger partial charge in [-0.3, -0.25) is 4.79 Å². The van der Waals surface area contributed by atoms with Crippen LogP contribution in [-0.4, -0.2) is 24.4 Å². The number of nitrogens with zero attached hydrogens (tertiary/aromatic N) is 1. The maximum atomic E-state index is 14.1.